The molecular formula is C14H16Br2N2O3. The third kappa shape index (κ3) is 3.13. The van der Waals surface area contributed by atoms with Crippen molar-refractivity contribution in [1.29, 1.82) is 0 Å². The summed E-state index contributed by atoms with van der Waals surface area (Å²) in [6, 6.07) is 1.24. The summed E-state index contributed by atoms with van der Waals surface area (Å²) in [6.07, 6.45) is 1.62. The Morgan fingerprint density at radius 1 is 1.43 bits per heavy atom. The van der Waals surface area contributed by atoms with Gasteiger partial charge in [0.2, 0.25) is 5.91 Å². The minimum Gasteiger partial charge on any atom is -0.481 e. The van der Waals surface area contributed by atoms with Gasteiger partial charge in [0.15, 0.2) is 0 Å². The SMILES string of the molecule is CC(C)(C)N1C(=O)CC(C(=O)O)C1c1ncc(Br)cc1Br. The lowest BCUT2D eigenvalue weighted by Crippen LogP contribution is -2.45. The number of amides is 1. The van der Waals surface area contributed by atoms with Crippen LogP contribution < -0.4 is 0 Å². The van der Waals surface area contributed by atoms with Crippen LogP contribution in [0.25, 0.3) is 0 Å². The van der Waals surface area contributed by atoms with Crippen molar-refractivity contribution >= 4 is 43.7 Å². The Labute approximate surface area is 140 Å². The molecule has 1 aromatic heterocycles. The highest BCUT2D eigenvalue weighted by molar-refractivity contribution is 9.11. The monoisotopic (exact) mass is 418 g/mol. The van der Waals surface area contributed by atoms with E-state index in [0.29, 0.717) is 10.2 Å². The maximum atomic E-state index is 12.3. The number of carbonyl (C=O) groups is 2. The molecule has 0 aliphatic carbocycles. The first-order chi connectivity index (χ1) is 9.62. The molecule has 0 aromatic carbocycles. The topological polar surface area (TPSA) is 70.5 Å². The quantitative estimate of drug-likeness (QED) is 0.797. The number of hydrogen-bond donors (Lipinski definition) is 1. The van der Waals surface area contributed by atoms with E-state index in [-0.39, 0.29) is 12.3 Å². The molecule has 0 spiro atoms. The van der Waals surface area contributed by atoms with Gasteiger partial charge in [0.25, 0.3) is 0 Å². The lowest BCUT2D eigenvalue weighted by atomic mass is 9.95. The number of carboxylic acid groups (broad SMARTS) is 1. The van der Waals surface area contributed by atoms with Crippen LogP contribution in [-0.2, 0) is 9.59 Å². The summed E-state index contributed by atoms with van der Waals surface area (Å²) in [4.78, 5) is 29.8. The highest BCUT2D eigenvalue weighted by atomic mass is 79.9. The minimum atomic E-state index is -0.975. The van der Waals surface area contributed by atoms with Gasteiger partial charge in [-0.2, -0.15) is 0 Å². The molecule has 1 amide bonds. The van der Waals surface area contributed by atoms with Crippen LogP contribution in [0.5, 0.6) is 0 Å². The van der Waals surface area contributed by atoms with Gasteiger partial charge in [-0.1, -0.05) is 0 Å². The largest absolute Gasteiger partial charge is 0.481 e. The molecule has 114 valence electrons. The maximum absolute atomic E-state index is 12.3. The molecule has 2 rings (SSSR count). The van der Waals surface area contributed by atoms with Gasteiger partial charge in [0.05, 0.1) is 17.7 Å². The third-order valence-electron chi connectivity index (χ3n) is 3.48. The van der Waals surface area contributed by atoms with Gasteiger partial charge >= 0.3 is 5.97 Å². The van der Waals surface area contributed by atoms with Gasteiger partial charge in [-0.15, -0.1) is 0 Å². The van der Waals surface area contributed by atoms with Crippen molar-refractivity contribution in [3.05, 3.63) is 26.9 Å². The van der Waals surface area contributed by atoms with Crippen molar-refractivity contribution in [3.63, 3.8) is 0 Å². The van der Waals surface area contributed by atoms with E-state index >= 15 is 0 Å². The zero-order valence-electron chi connectivity index (χ0n) is 11.9. The average Bonchev–Trinajstić information content (AvgIpc) is 2.66. The van der Waals surface area contributed by atoms with Gasteiger partial charge in [-0.05, 0) is 58.7 Å². The van der Waals surface area contributed by atoms with Crippen LogP contribution in [0.3, 0.4) is 0 Å². The number of aliphatic carboxylic acids is 1. The Morgan fingerprint density at radius 2 is 2.05 bits per heavy atom. The number of pyridine rings is 1. The molecule has 1 aliphatic heterocycles. The second-order valence-electron chi connectivity index (χ2n) is 6.05. The molecule has 1 N–H and O–H groups in total. The second kappa shape index (κ2) is 5.68. The highest BCUT2D eigenvalue weighted by Gasteiger charge is 2.49. The zero-order valence-corrected chi connectivity index (χ0v) is 15.1. The van der Waals surface area contributed by atoms with Crippen LogP contribution in [0.4, 0.5) is 0 Å². The molecule has 1 aromatic rings. The summed E-state index contributed by atoms with van der Waals surface area (Å²) >= 11 is 6.75. The van der Waals surface area contributed by atoms with Crippen LogP contribution in [0.2, 0.25) is 0 Å². The molecule has 0 saturated carbocycles. The number of rotatable bonds is 2. The van der Waals surface area contributed by atoms with Crippen LogP contribution in [0, 0.1) is 5.92 Å². The van der Waals surface area contributed by atoms with Crippen molar-refractivity contribution < 1.29 is 14.7 Å². The number of carboxylic acids is 1. The summed E-state index contributed by atoms with van der Waals surface area (Å²) in [5.41, 5.74) is 0.103. The Hall–Kier alpha value is -0.950. The molecule has 1 saturated heterocycles. The summed E-state index contributed by atoms with van der Waals surface area (Å²) in [7, 11) is 0. The van der Waals surface area contributed by atoms with Crippen LogP contribution in [-0.4, -0.2) is 32.4 Å². The molecule has 5 nitrogen and oxygen atoms in total. The van der Waals surface area contributed by atoms with Crippen molar-refractivity contribution in [2.45, 2.75) is 38.8 Å². The fourth-order valence-corrected chi connectivity index (χ4v) is 3.92. The Morgan fingerprint density at radius 3 is 2.52 bits per heavy atom. The summed E-state index contributed by atoms with van der Waals surface area (Å²) in [5, 5.41) is 9.46. The highest BCUT2D eigenvalue weighted by Crippen LogP contribution is 2.44. The van der Waals surface area contributed by atoms with Crippen molar-refractivity contribution in [2.75, 3.05) is 0 Å². The smallest absolute Gasteiger partial charge is 0.309 e. The number of halogens is 2. The van der Waals surface area contributed by atoms with E-state index in [2.05, 4.69) is 36.8 Å². The standard InChI is InChI=1S/C14H16Br2N2O3/c1-14(2,3)18-10(19)5-8(13(20)21)12(18)11-9(16)4-7(15)6-17-11/h4,6,8,12H,5H2,1-3H3,(H,20,21). The average molecular weight is 420 g/mol. The maximum Gasteiger partial charge on any atom is 0.309 e. The molecule has 21 heavy (non-hydrogen) atoms. The zero-order chi connectivity index (χ0) is 15.9. The van der Waals surface area contributed by atoms with E-state index in [1.807, 2.05) is 26.8 Å². The summed E-state index contributed by atoms with van der Waals surface area (Å²) < 4.78 is 1.48. The van der Waals surface area contributed by atoms with Gasteiger partial charge in [-0.25, -0.2) is 0 Å². The van der Waals surface area contributed by atoms with E-state index in [4.69, 9.17) is 0 Å². The Balaban J connectivity index is 2.57. The predicted molar refractivity (Wildman–Crippen MR) is 84.7 cm³/mol. The van der Waals surface area contributed by atoms with Crippen molar-refractivity contribution in [3.8, 4) is 0 Å². The first kappa shape index (κ1) is 16.4. The fourth-order valence-electron chi connectivity index (χ4n) is 2.70. The molecule has 0 bridgehead atoms. The van der Waals surface area contributed by atoms with E-state index < -0.39 is 23.5 Å². The van der Waals surface area contributed by atoms with Crippen LogP contribution >= 0.6 is 31.9 Å². The van der Waals surface area contributed by atoms with Gasteiger partial charge < -0.3 is 10.0 Å². The van der Waals surface area contributed by atoms with E-state index in [1.54, 1.807) is 11.1 Å². The molecule has 2 unspecified atom stereocenters. The molecule has 0 radical (unpaired) electrons. The number of nitrogens with zero attached hydrogens (tertiary/aromatic N) is 2. The summed E-state index contributed by atoms with van der Waals surface area (Å²) in [6.45, 7) is 5.69. The number of carbonyl (C=O) groups excluding carboxylic acids is 1. The Kier molecular flexibility index (Phi) is 4.44. The fraction of sp³-hybridized carbons (Fsp3) is 0.500. The predicted octanol–water partition coefficient (Wildman–Crippen LogP) is 3.38. The molecule has 2 heterocycles. The van der Waals surface area contributed by atoms with Gasteiger partial charge in [0.1, 0.15) is 0 Å². The summed E-state index contributed by atoms with van der Waals surface area (Å²) in [5.74, 6) is -1.92. The number of hydrogen-bond acceptors (Lipinski definition) is 3. The minimum absolute atomic E-state index is 0.00144. The lowest BCUT2D eigenvalue weighted by Gasteiger charge is -2.38. The van der Waals surface area contributed by atoms with E-state index in [0.717, 1.165) is 4.47 Å². The first-order valence-corrected chi connectivity index (χ1v) is 8.07. The number of likely N-dealkylation sites (tertiary alicyclic amines) is 1. The van der Waals surface area contributed by atoms with Gasteiger partial charge in [-0.3, -0.25) is 14.6 Å². The number of aromatic nitrogens is 1. The van der Waals surface area contributed by atoms with E-state index in [1.165, 1.54) is 0 Å². The molecule has 1 fully saturated rings. The van der Waals surface area contributed by atoms with E-state index in [9.17, 15) is 14.7 Å². The lowest BCUT2D eigenvalue weighted by molar-refractivity contribution is -0.143. The van der Waals surface area contributed by atoms with Crippen molar-refractivity contribution in [2.24, 2.45) is 5.92 Å². The second-order valence-corrected chi connectivity index (χ2v) is 7.82. The molecule has 2 atom stereocenters. The normalized spacial score (nSPS) is 22.7. The first-order valence-electron chi connectivity index (χ1n) is 6.49. The van der Waals surface area contributed by atoms with Crippen molar-refractivity contribution in [1.82, 2.24) is 9.88 Å². The third-order valence-corrected chi connectivity index (χ3v) is 4.55. The molecule has 7 heteroatoms. The molecule has 1 aliphatic rings. The molecular weight excluding hydrogens is 404 g/mol. The van der Waals surface area contributed by atoms with Crippen LogP contribution in [0.1, 0.15) is 38.9 Å². The Bertz CT molecular complexity index is 598. The van der Waals surface area contributed by atoms with Crippen LogP contribution in [0.15, 0.2) is 21.2 Å². The van der Waals surface area contributed by atoms with Gasteiger partial charge in [0, 0.05) is 27.1 Å².